The van der Waals surface area contributed by atoms with E-state index in [-0.39, 0.29) is 17.9 Å². The Bertz CT molecular complexity index is 202. The first-order valence-corrected chi connectivity index (χ1v) is 4.59. The zero-order valence-corrected chi connectivity index (χ0v) is 6.94. The minimum Gasteiger partial charge on any atom is -0.481 e. The maximum absolute atomic E-state index is 10.8. The van der Waals surface area contributed by atoms with Gasteiger partial charge in [0.2, 0.25) is 0 Å². The lowest BCUT2D eigenvalue weighted by atomic mass is 9.63. The van der Waals surface area contributed by atoms with Crippen molar-refractivity contribution < 1.29 is 15.0 Å². The van der Waals surface area contributed by atoms with Gasteiger partial charge >= 0.3 is 5.97 Å². The molecule has 0 aromatic rings. The normalized spacial score (nSPS) is 46.1. The number of aliphatic hydroxyl groups excluding tert-OH is 1. The Morgan fingerprint density at radius 3 is 2.42 bits per heavy atom. The van der Waals surface area contributed by atoms with Gasteiger partial charge in [-0.25, -0.2) is 0 Å². The van der Waals surface area contributed by atoms with Crippen molar-refractivity contribution in [3.05, 3.63) is 0 Å². The van der Waals surface area contributed by atoms with Gasteiger partial charge < -0.3 is 10.2 Å². The van der Waals surface area contributed by atoms with E-state index in [1.54, 1.807) is 0 Å². The van der Waals surface area contributed by atoms with E-state index in [1.807, 2.05) is 0 Å². The van der Waals surface area contributed by atoms with E-state index >= 15 is 0 Å². The number of carboxylic acids is 1. The Kier molecular flexibility index (Phi) is 1.83. The summed E-state index contributed by atoms with van der Waals surface area (Å²) in [6.07, 6.45) is 3.29. The van der Waals surface area contributed by atoms with Crippen LogP contribution in [0.25, 0.3) is 0 Å². The van der Waals surface area contributed by atoms with Crippen molar-refractivity contribution in [3.8, 4) is 0 Å². The molecule has 2 bridgehead atoms. The van der Waals surface area contributed by atoms with Gasteiger partial charge in [-0.05, 0) is 37.5 Å². The van der Waals surface area contributed by atoms with Crippen LogP contribution in [-0.2, 0) is 4.79 Å². The number of carbonyl (C=O) groups is 1. The van der Waals surface area contributed by atoms with Gasteiger partial charge in [-0.2, -0.15) is 0 Å². The van der Waals surface area contributed by atoms with E-state index < -0.39 is 5.97 Å². The van der Waals surface area contributed by atoms with Crippen molar-refractivity contribution in [1.29, 1.82) is 0 Å². The lowest BCUT2D eigenvalue weighted by molar-refractivity contribution is -0.152. The lowest BCUT2D eigenvalue weighted by Gasteiger charge is -2.43. The molecule has 0 aromatic carbocycles. The van der Waals surface area contributed by atoms with E-state index in [2.05, 4.69) is 0 Å². The molecule has 68 valence electrons. The largest absolute Gasteiger partial charge is 0.481 e. The second-order valence-corrected chi connectivity index (χ2v) is 4.09. The number of hydrogen-bond donors (Lipinski definition) is 2. The van der Waals surface area contributed by atoms with Crippen molar-refractivity contribution in [1.82, 2.24) is 0 Å². The van der Waals surface area contributed by atoms with Crippen LogP contribution in [0, 0.1) is 17.8 Å². The summed E-state index contributed by atoms with van der Waals surface area (Å²) in [6.45, 7) is 0. The van der Waals surface area contributed by atoms with E-state index in [0.29, 0.717) is 5.92 Å². The monoisotopic (exact) mass is 170 g/mol. The van der Waals surface area contributed by atoms with Crippen LogP contribution < -0.4 is 0 Å². The number of aliphatic hydroxyl groups is 1. The van der Waals surface area contributed by atoms with Crippen LogP contribution in [-0.4, -0.2) is 22.3 Å². The smallest absolute Gasteiger partial charge is 0.306 e. The minimum absolute atomic E-state index is 0.0347. The van der Waals surface area contributed by atoms with Crippen LogP contribution in [0.3, 0.4) is 0 Å². The summed E-state index contributed by atoms with van der Waals surface area (Å²) >= 11 is 0. The van der Waals surface area contributed by atoms with Crippen molar-refractivity contribution in [2.45, 2.75) is 31.8 Å². The van der Waals surface area contributed by atoms with Crippen molar-refractivity contribution in [2.75, 3.05) is 0 Å². The molecule has 3 saturated carbocycles. The van der Waals surface area contributed by atoms with Gasteiger partial charge in [-0.3, -0.25) is 4.79 Å². The molecule has 0 aliphatic heterocycles. The third-order valence-electron chi connectivity index (χ3n) is 3.40. The fraction of sp³-hybridized carbons (Fsp3) is 0.889. The molecule has 3 fully saturated rings. The second-order valence-electron chi connectivity index (χ2n) is 4.09. The molecule has 3 heteroatoms. The van der Waals surface area contributed by atoms with Gasteiger partial charge in [-0.1, -0.05) is 0 Å². The Morgan fingerprint density at radius 1 is 1.25 bits per heavy atom. The Balaban J connectivity index is 2.14. The summed E-state index contributed by atoms with van der Waals surface area (Å²) in [5.74, 6) is -0.491. The number of hydrogen-bond acceptors (Lipinski definition) is 2. The molecule has 0 amide bonds. The van der Waals surface area contributed by atoms with Gasteiger partial charge in [0, 0.05) is 0 Å². The lowest BCUT2D eigenvalue weighted by Crippen LogP contribution is -2.44. The number of fused-ring (bicyclic) bond motifs is 3. The van der Waals surface area contributed by atoms with Gasteiger partial charge in [-0.15, -0.1) is 0 Å². The Morgan fingerprint density at radius 2 is 2.00 bits per heavy atom. The SMILES string of the molecule is O=C(O)[C@@H]1C[C@@H]2CC[C@H]1[C@@H](O)C2. The third kappa shape index (κ3) is 1.12. The molecule has 0 aromatic heterocycles. The van der Waals surface area contributed by atoms with Crippen LogP contribution in [0.4, 0.5) is 0 Å². The fourth-order valence-electron chi connectivity index (χ4n) is 2.76. The van der Waals surface area contributed by atoms with E-state index in [4.69, 9.17) is 5.11 Å². The van der Waals surface area contributed by atoms with Gasteiger partial charge in [0.1, 0.15) is 0 Å². The first-order chi connectivity index (χ1) is 5.68. The Hall–Kier alpha value is -0.570. The molecular weight excluding hydrogens is 156 g/mol. The van der Waals surface area contributed by atoms with E-state index in [9.17, 15) is 9.90 Å². The summed E-state index contributed by atoms with van der Waals surface area (Å²) in [4.78, 5) is 10.8. The van der Waals surface area contributed by atoms with Crippen LogP contribution in [0.2, 0.25) is 0 Å². The van der Waals surface area contributed by atoms with Gasteiger partial charge in [0.05, 0.1) is 12.0 Å². The quantitative estimate of drug-likeness (QED) is 0.614. The summed E-state index contributed by atoms with van der Waals surface area (Å²) in [5.41, 5.74) is 0. The molecule has 4 atom stereocenters. The molecule has 3 rings (SSSR count). The molecular formula is C9H14O3. The summed E-state index contributed by atoms with van der Waals surface area (Å²) in [5, 5.41) is 18.4. The zero-order chi connectivity index (χ0) is 8.72. The summed E-state index contributed by atoms with van der Waals surface area (Å²) in [7, 11) is 0. The zero-order valence-electron chi connectivity index (χ0n) is 6.94. The van der Waals surface area contributed by atoms with Crippen molar-refractivity contribution in [2.24, 2.45) is 17.8 Å². The topological polar surface area (TPSA) is 57.5 Å². The van der Waals surface area contributed by atoms with Crippen LogP contribution >= 0.6 is 0 Å². The fourth-order valence-corrected chi connectivity index (χ4v) is 2.76. The van der Waals surface area contributed by atoms with Gasteiger partial charge in [0.15, 0.2) is 0 Å². The Labute approximate surface area is 71.4 Å². The average molecular weight is 170 g/mol. The maximum Gasteiger partial charge on any atom is 0.306 e. The molecule has 0 saturated heterocycles. The van der Waals surface area contributed by atoms with E-state index in [1.165, 1.54) is 0 Å². The van der Waals surface area contributed by atoms with Gasteiger partial charge in [0.25, 0.3) is 0 Å². The molecule has 0 unspecified atom stereocenters. The van der Waals surface area contributed by atoms with Crippen LogP contribution in [0.1, 0.15) is 25.7 Å². The highest BCUT2D eigenvalue weighted by Gasteiger charge is 2.44. The highest BCUT2D eigenvalue weighted by molar-refractivity contribution is 5.70. The standard InChI is InChI=1S/C9H14O3/c10-8-4-5-1-2-6(8)7(3-5)9(11)12/h5-8,10H,1-4H2,(H,11,12)/t5-,6+,7+,8-/m0/s1. The van der Waals surface area contributed by atoms with Crippen LogP contribution in [0.5, 0.6) is 0 Å². The first-order valence-electron chi connectivity index (χ1n) is 4.59. The van der Waals surface area contributed by atoms with E-state index in [0.717, 1.165) is 25.7 Å². The molecule has 0 radical (unpaired) electrons. The molecule has 0 spiro atoms. The minimum atomic E-state index is -0.719. The second kappa shape index (κ2) is 2.73. The number of rotatable bonds is 1. The number of aliphatic carboxylic acids is 1. The first kappa shape index (κ1) is 8.05. The predicted molar refractivity (Wildman–Crippen MR) is 42.6 cm³/mol. The van der Waals surface area contributed by atoms with Crippen molar-refractivity contribution >= 4 is 5.97 Å². The van der Waals surface area contributed by atoms with Crippen LogP contribution in [0.15, 0.2) is 0 Å². The summed E-state index contributed by atoms with van der Waals surface area (Å²) < 4.78 is 0. The average Bonchev–Trinajstić information content (AvgIpc) is 2.04. The highest BCUT2D eigenvalue weighted by Crippen LogP contribution is 2.45. The molecule has 2 N–H and O–H groups in total. The molecule has 3 aliphatic rings. The van der Waals surface area contributed by atoms with Crippen molar-refractivity contribution in [3.63, 3.8) is 0 Å². The third-order valence-corrected chi connectivity index (χ3v) is 3.40. The highest BCUT2D eigenvalue weighted by atomic mass is 16.4. The predicted octanol–water partition coefficient (Wildman–Crippen LogP) is 0.868. The molecule has 12 heavy (non-hydrogen) atoms. The molecule has 3 aliphatic carbocycles. The molecule has 3 nitrogen and oxygen atoms in total. The number of carboxylic acid groups (broad SMARTS) is 1. The maximum atomic E-state index is 10.8. The summed E-state index contributed by atoms with van der Waals surface area (Å²) in [6, 6.07) is 0. The molecule has 0 heterocycles.